The Morgan fingerprint density at radius 1 is 1.19 bits per heavy atom. The van der Waals surface area contributed by atoms with Gasteiger partial charge in [0.05, 0.1) is 10.5 Å². The van der Waals surface area contributed by atoms with Gasteiger partial charge in [0.1, 0.15) is 5.75 Å². The molecule has 108 valence electrons. The highest BCUT2D eigenvalue weighted by molar-refractivity contribution is 5.98. The van der Waals surface area contributed by atoms with Crippen LogP contribution in [-0.2, 0) is 0 Å². The third-order valence-corrected chi connectivity index (χ3v) is 3.11. The van der Waals surface area contributed by atoms with Crippen molar-refractivity contribution in [2.45, 2.75) is 20.3 Å². The molecule has 0 heterocycles. The van der Waals surface area contributed by atoms with Crippen molar-refractivity contribution in [2.75, 3.05) is 0 Å². The first-order valence-electron chi connectivity index (χ1n) is 6.58. The molecule has 0 saturated heterocycles. The van der Waals surface area contributed by atoms with Crippen LogP contribution in [0.25, 0.3) is 0 Å². The Bertz CT molecular complexity index is 694. The maximum atomic E-state index is 11.9. The largest absolute Gasteiger partial charge is 0.449 e. The Morgan fingerprint density at radius 2 is 1.90 bits per heavy atom. The van der Waals surface area contributed by atoms with Crippen LogP contribution in [0.3, 0.4) is 0 Å². The molecule has 0 saturated carbocycles. The van der Waals surface area contributed by atoms with Gasteiger partial charge in [-0.2, -0.15) is 0 Å². The van der Waals surface area contributed by atoms with Crippen LogP contribution in [0.15, 0.2) is 42.5 Å². The second kappa shape index (κ2) is 6.17. The molecule has 0 atom stereocenters. The summed E-state index contributed by atoms with van der Waals surface area (Å²) in [5.41, 5.74) is 0.953. The molecule has 0 aliphatic carbocycles. The summed E-state index contributed by atoms with van der Waals surface area (Å²) in [5.74, 6) is 0.433. The van der Waals surface area contributed by atoms with Crippen LogP contribution in [0.2, 0.25) is 0 Å². The van der Waals surface area contributed by atoms with Gasteiger partial charge in [-0.1, -0.05) is 31.2 Å². The third kappa shape index (κ3) is 3.08. The number of hydrogen-bond acceptors (Lipinski definition) is 4. The topological polar surface area (TPSA) is 69.4 Å². The van der Waals surface area contributed by atoms with Crippen molar-refractivity contribution in [1.82, 2.24) is 0 Å². The first kappa shape index (κ1) is 14.7. The van der Waals surface area contributed by atoms with Gasteiger partial charge in [-0.25, -0.2) is 0 Å². The zero-order chi connectivity index (χ0) is 15.4. The average molecular weight is 285 g/mol. The molecule has 5 nitrogen and oxygen atoms in total. The van der Waals surface area contributed by atoms with E-state index in [9.17, 15) is 14.9 Å². The van der Waals surface area contributed by atoms with Gasteiger partial charge in [0.2, 0.25) is 5.75 Å². The first-order valence-corrected chi connectivity index (χ1v) is 6.58. The molecule has 21 heavy (non-hydrogen) atoms. The van der Waals surface area contributed by atoms with Crippen LogP contribution in [0.4, 0.5) is 5.69 Å². The Labute approximate surface area is 122 Å². The van der Waals surface area contributed by atoms with Crippen molar-refractivity contribution in [2.24, 2.45) is 0 Å². The fraction of sp³-hybridized carbons (Fsp3) is 0.188. The van der Waals surface area contributed by atoms with Gasteiger partial charge in [-0.15, -0.1) is 0 Å². The normalized spacial score (nSPS) is 10.2. The number of nitrogens with zero attached hydrogens (tertiary/aromatic N) is 1. The zero-order valence-electron chi connectivity index (χ0n) is 11.8. The third-order valence-electron chi connectivity index (χ3n) is 3.11. The molecule has 0 unspecified atom stereocenters. The van der Waals surface area contributed by atoms with E-state index in [2.05, 4.69) is 0 Å². The number of Topliss-reactive ketones (excluding diaryl/α,β-unsaturated/α-hetero) is 1. The number of carbonyl (C=O) groups is 1. The second-order valence-corrected chi connectivity index (χ2v) is 4.56. The predicted octanol–water partition coefficient (Wildman–Crippen LogP) is 4.29. The molecule has 0 aromatic heterocycles. The quantitative estimate of drug-likeness (QED) is 0.467. The summed E-state index contributed by atoms with van der Waals surface area (Å²) in [4.78, 5) is 22.5. The van der Waals surface area contributed by atoms with Crippen LogP contribution in [0.5, 0.6) is 11.5 Å². The smallest absolute Gasteiger partial charge is 0.311 e. The van der Waals surface area contributed by atoms with E-state index in [1.165, 1.54) is 6.07 Å². The molecule has 5 heteroatoms. The molecular formula is C16H15NO4. The minimum absolute atomic E-state index is 0.0677. The molecule has 2 aromatic carbocycles. The minimum Gasteiger partial charge on any atom is -0.449 e. The van der Waals surface area contributed by atoms with Gasteiger partial charge in [0.15, 0.2) is 5.78 Å². The van der Waals surface area contributed by atoms with Crippen molar-refractivity contribution in [1.29, 1.82) is 0 Å². The number of ketones is 1. The first-order chi connectivity index (χ1) is 10.0. The highest BCUT2D eigenvalue weighted by Gasteiger charge is 2.20. The van der Waals surface area contributed by atoms with E-state index < -0.39 is 4.92 Å². The second-order valence-electron chi connectivity index (χ2n) is 4.56. The number of ether oxygens (including phenoxy) is 1. The summed E-state index contributed by atoms with van der Waals surface area (Å²) in [6, 6.07) is 11.5. The number of nitro groups is 1. The van der Waals surface area contributed by atoms with Crippen LogP contribution < -0.4 is 4.74 Å². The molecule has 0 radical (unpaired) electrons. The number of carbonyl (C=O) groups excluding carboxylic acids is 1. The monoisotopic (exact) mass is 285 g/mol. The number of rotatable bonds is 5. The summed E-state index contributed by atoms with van der Waals surface area (Å²) in [7, 11) is 0. The van der Waals surface area contributed by atoms with E-state index in [0.717, 1.165) is 0 Å². The lowest BCUT2D eigenvalue weighted by Gasteiger charge is -2.12. The predicted molar refractivity (Wildman–Crippen MR) is 79.0 cm³/mol. The van der Waals surface area contributed by atoms with Gasteiger partial charge in [-0.05, 0) is 24.6 Å². The Hall–Kier alpha value is -2.69. The van der Waals surface area contributed by atoms with E-state index in [4.69, 9.17) is 4.74 Å². The van der Waals surface area contributed by atoms with E-state index in [1.54, 1.807) is 50.2 Å². The Kier molecular flexibility index (Phi) is 4.33. The molecule has 2 aromatic rings. The van der Waals surface area contributed by atoms with Gasteiger partial charge in [0, 0.05) is 12.5 Å². The molecule has 0 N–H and O–H groups in total. The molecule has 0 aliphatic heterocycles. The van der Waals surface area contributed by atoms with Gasteiger partial charge >= 0.3 is 5.69 Å². The summed E-state index contributed by atoms with van der Waals surface area (Å²) in [5, 5.41) is 11.1. The highest BCUT2D eigenvalue weighted by Crippen LogP contribution is 2.35. The molecule has 2 rings (SSSR count). The van der Waals surface area contributed by atoms with Gasteiger partial charge < -0.3 is 4.74 Å². The minimum atomic E-state index is -0.493. The van der Waals surface area contributed by atoms with Crippen molar-refractivity contribution in [3.05, 3.63) is 63.7 Å². The lowest BCUT2D eigenvalue weighted by Crippen LogP contribution is -2.02. The van der Waals surface area contributed by atoms with Crippen LogP contribution in [-0.4, -0.2) is 10.7 Å². The summed E-state index contributed by atoms with van der Waals surface area (Å²) in [6.07, 6.45) is 0.343. The average Bonchev–Trinajstić information content (AvgIpc) is 2.48. The van der Waals surface area contributed by atoms with Crippen molar-refractivity contribution >= 4 is 11.5 Å². The van der Waals surface area contributed by atoms with Crippen LogP contribution >= 0.6 is 0 Å². The molecule has 0 spiro atoms. The van der Waals surface area contributed by atoms with Crippen molar-refractivity contribution in [3.8, 4) is 11.5 Å². The van der Waals surface area contributed by atoms with E-state index in [0.29, 0.717) is 23.3 Å². The highest BCUT2D eigenvalue weighted by atomic mass is 16.6. The SMILES string of the molecule is CCC(=O)c1ccccc1Oc1c(C)cccc1[N+](=O)[O-]. The number of para-hydroxylation sites is 2. The molecule has 0 amide bonds. The lowest BCUT2D eigenvalue weighted by molar-refractivity contribution is -0.385. The molecule has 0 bridgehead atoms. The Balaban J connectivity index is 2.49. The lowest BCUT2D eigenvalue weighted by atomic mass is 10.1. The van der Waals surface area contributed by atoms with Crippen molar-refractivity contribution in [3.63, 3.8) is 0 Å². The fourth-order valence-electron chi connectivity index (χ4n) is 2.00. The summed E-state index contributed by atoms with van der Waals surface area (Å²) in [6.45, 7) is 3.49. The maximum Gasteiger partial charge on any atom is 0.311 e. The summed E-state index contributed by atoms with van der Waals surface area (Å²) < 4.78 is 5.69. The van der Waals surface area contributed by atoms with E-state index in [1.807, 2.05) is 0 Å². The number of aryl methyl sites for hydroxylation is 1. The fourth-order valence-corrected chi connectivity index (χ4v) is 2.00. The molecular weight excluding hydrogens is 270 g/mol. The zero-order valence-corrected chi connectivity index (χ0v) is 11.8. The molecule has 0 aliphatic rings. The summed E-state index contributed by atoms with van der Waals surface area (Å²) >= 11 is 0. The van der Waals surface area contributed by atoms with Crippen LogP contribution in [0, 0.1) is 17.0 Å². The molecule has 0 fully saturated rings. The van der Waals surface area contributed by atoms with Gasteiger partial charge in [0.25, 0.3) is 0 Å². The maximum absolute atomic E-state index is 11.9. The number of nitro benzene ring substituents is 1. The Morgan fingerprint density at radius 3 is 2.57 bits per heavy atom. The van der Waals surface area contributed by atoms with Gasteiger partial charge in [-0.3, -0.25) is 14.9 Å². The number of benzene rings is 2. The standard InChI is InChI=1S/C16H15NO4/c1-3-14(18)12-8-4-5-10-15(12)21-16-11(2)7-6-9-13(16)17(19)20/h4-10H,3H2,1-2H3. The van der Waals surface area contributed by atoms with Crippen LogP contribution in [0.1, 0.15) is 29.3 Å². The van der Waals surface area contributed by atoms with Crippen molar-refractivity contribution < 1.29 is 14.5 Å². The number of hydrogen-bond donors (Lipinski definition) is 0. The van der Waals surface area contributed by atoms with E-state index >= 15 is 0 Å². The van der Waals surface area contributed by atoms with E-state index in [-0.39, 0.29) is 17.2 Å².